The summed E-state index contributed by atoms with van der Waals surface area (Å²) in [6, 6.07) is 7.06. The Morgan fingerprint density at radius 3 is 2.75 bits per heavy atom. The van der Waals surface area contributed by atoms with Crippen LogP contribution in [0.4, 0.5) is 0 Å². The van der Waals surface area contributed by atoms with E-state index < -0.39 is 0 Å². The van der Waals surface area contributed by atoms with Crippen LogP contribution in [0.25, 0.3) is 6.08 Å². The molecule has 0 saturated heterocycles. The molecule has 1 aliphatic rings. The second kappa shape index (κ2) is 7.21. The fraction of sp³-hybridized carbons (Fsp3) is 0.333. The number of hydrogen-bond acceptors (Lipinski definition) is 4. The van der Waals surface area contributed by atoms with Crippen molar-refractivity contribution in [1.82, 2.24) is 10.6 Å². The Morgan fingerprint density at radius 1 is 1.25 bits per heavy atom. The predicted octanol–water partition coefficient (Wildman–Crippen LogP) is 2.56. The number of furan rings is 2. The summed E-state index contributed by atoms with van der Waals surface area (Å²) in [5.41, 5.74) is 0. The first-order valence-electron chi connectivity index (χ1n) is 8.01. The Balaban J connectivity index is 1.36. The molecule has 1 fully saturated rings. The van der Waals surface area contributed by atoms with E-state index in [2.05, 4.69) is 17.6 Å². The Morgan fingerprint density at radius 2 is 2.04 bits per heavy atom. The van der Waals surface area contributed by atoms with E-state index in [4.69, 9.17) is 8.83 Å². The van der Waals surface area contributed by atoms with Crippen molar-refractivity contribution in [3.05, 3.63) is 53.9 Å². The van der Waals surface area contributed by atoms with Gasteiger partial charge in [-0.2, -0.15) is 0 Å². The summed E-state index contributed by atoms with van der Waals surface area (Å²) in [5, 5.41) is 5.34. The molecule has 3 rings (SSSR count). The quantitative estimate of drug-likeness (QED) is 0.604. The maximum atomic E-state index is 11.7. The van der Waals surface area contributed by atoms with E-state index in [0.29, 0.717) is 30.7 Å². The summed E-state index contributed by atoms with van der Waals surface area (Å²) in [6.07, 6.45) is 5.67. The molecule has 2 heterocycles. The molecule has 6 heteroatoms. The van der Waals surface area contributed by atoms with Gasteiger partial charge in [-0.3, -0.25) is 9.59 Å². The first-order chi connectivity index (χ1) is 11.6. The molecule has 2 aromatic heterocycles. The summed E-state index contributed by atoms with van der Waals surface area (Å²) < 4.78 is 10.7. The second-order valence-corrected chi connectivity index (χ2v) is 5.92. The molecule has 2 amide bonds. The van der Waals surface area contributed by atoms with Crippen LogP contribution >= 0.6 is 0 Å². The zero-order valence-corrected chi connectivity index (χ0v) is 13.5. The molecular weight excluding hydrogens is 308 g/mol. The normalized spacial score (nSPS) is 19.4. The van der Waals surface area contributed by atoms with Crippen LogP contribution in [0.1, 0.15) is 41.3 Å². The van der Waals surface area contributed by atoms with Crippen molar-refractivity contribution < 1.29 is 18.4 Å². The maximum Gasteiger partial charge on any atom is 0.287 e. The molecule has 0 unspecified atom stereocenters. The third-order valence-electron chi connectivity index (χ3n) is 3.98. The van der Waals surface area contributed by atoms with Crippen LogP contribution in [-0.4, -0.2) is 24.9 Å². The average molecular weight is 328 g/mol. The Kier molecular flexibility index (Phi) is 4.84. The molecule has 0 radical (unpaired) electrons. The molecule has 126 valence electrons. The molecule has 2 aromatic rings. The van der Waals surface area contributed by atoms with E-state index in [-0.39, 0.29) is 17.6 Å². The van der Waals surface area contributed by atoms with Gasteiger partial charge in [0, 0.05) is 25.1 Å². The van der Waals surface area contributed by atoms with E-state index in [0.717, 1.165) is 5.76 Å². The molecular formula is C18H20N2O4. The number of hydrogen-bond donors (Lipinski definition) is 2. The van der Waals surface area contributed by atoms with E-state index in [1.165, 1.54) is 18.8 Å². The van der Waals surface area contributed by atoms with E-state index in [1.807, 2.05) is 12.1 Å². The van der Waals surface area contributed by atoms with Gasteiger partial charge >= 0.3 is 0 Å². The van der Waals surface area contributed by atoms with E-state index in [1.54, 1.807) is 18.2 Å². The molecule has 2 atom stereocenters. The lowest BCUT2D eigenvalue weighted by molar-refractivity contribution is -0.116. The minimum Gasteiger partial charge on any atom is -0.461 e. The van der Waals surface area contributed by atoms with Crippen molar-refractivity contribution in [3.8, 4) is 0 Å². The molecule has 2 N–H and O–H groups in total. The van der Waals surface area contributed by atoms with Gasteiger partial charge in [-0.05, 0) is 42.7 Å². The van der Waals surface area contributed by atoms with Crippen LogP contribution in [0.5, 0.6) is 0 Å². The Hall–Kier alpha value is -2.76. The SMILES string of the molecule is C[C@@H]1C[C@@H]1c1ccc(/C=C\C(=O)NCCNC(=O)c2ccco2)o1. The van der Waals surface area contributed by atoms with Crippen LogP contribution in [-0.2, 0) is 4.79 Å². The van der Waals surface area contributed by atoms with Gasteiger partial charge in [0.15, 0.2) is 5.76 Å². The Labute approximate surface area is 139 Å². The predicted molar refractivity (Wildman–Crippen MR) is 88.3 cm³/mol. The highest BCUT2D eigenvalue weighted by Gasteiger charge is 2.36. The third kappa shape index (κ3) is 4.16. The van der Waals surface area contributed by atoms with Crippen LogP contribution in [0, 0.1) is 5.92 Å². The lowest BCUT2D eigenvalue weighted by Crippen LogP contribution is -2.33. The number of nitrogens with one attached hydrogen (secondary N) is 2. The van der Waals surface area contributed by atoms with E-state index in [9.17, 15) is 9.59 Å². The summed E-state index contributed by atoms with van der Waals surface area (Å²) in [4.78, 5) is 23.3. The maximum absolute atomic E-state index is 11.7. The largest absolute Gasteiger partial charge is 0.461 e. The minimum absolute atomic E-state index is 0.236. The summed E-state index contributed by atoms with van der Waals surface area (Å²) >= 11 is 0. The monoisotopic (exact) mass is 328 g/mol. The van der Waals surface area contributed by atoms with Crippen LogP contribution in [0.15, 0.2) is 45.4 Å². The average Bonchev–Trinajstić information content (AvgIpc) is 3.03. The van der Waals surface area contributed by atoms with Gasteiger partial charge in [0.2, 0.25) is 5.91 Å². The minimum atomic E-state index is -0.304. The van der Waals surface area contributed by atoms with Gasteiger partial charge in [-0.15, -0.1) is 0 Å². The summed E-state index contributed by atoms with van der Waals surface area (Å²) in [6.45, 7) is 2.85. The molecule has 1 saturated carbocycles. The van der Waals surface area contributed by atoms with Crippen LogP contribution < -0.4 is 10.6 Å². The van der Waals surface area contributed by atoms with Gasteiger partial charge in [-0.1, -0.05) is 6.92 Å². The van der Waals surface area contributed by atoms with E-state index >= 15 is 0 Å². The molecule has 0 bridgehead atoms. The zero-order valence-electron chi connectivity index (χ0n) is 13.5. The fourth-order valence-electron chi connectivity index (χ4n) is 2.45. The molecule has 1 aliphatic carbocycles. The van der Waals surface area contributed by atoms with Crippen molar-refractivity contribution >= 4 is 17.9 Å². The molecule has 0 aromatic carbocycles. The van der Waals surface area contributed by atoms with Crippen molar-refractivity contribution in [2.24, 2.45) is 5.92 Å². The number of carbonyl (C=O) groups excluding carboxylic acids is 2. The highest BCUT2D eigenvalue weighted by atomic mass is 16.3. The molecule has 24 heavy (non-hydrogen) atoms. The summed E-state index contributed by atoms with van der Waals surface area (Å²) in [7, 11) is 0. The standard InChI is InChI=1S/C18H20N2O4/c1-12-11-14(12)15-6-4-13(24-15)5-7-17(21)19-8-9-20-18(22)16-3-2-10-23-16/h2-7,10,12,14H,8-9,11H2,1H3,(H,19,21)(H,20,22)/b7-5-/t12-,14+/m1/s1. The smallest absolute Gasteiger partial charge is 0.287 e. The topological polar surface area (TPSA) is 84.5 Å². The van der Waals surface area contributed by atoms with Crippen molar-refractivity contribution in [3.63, 3.8) is 0 Å². The number of amides is 2. The second-order valence-electron chi connectivity index (χ2n) is 5.92. The van der Waals surface area contributed by atoms with Gasteiger partial charge in [-0.25, -0.2) is 0 Å². The van der Waals surface area contributed by atoms with Gasteiger partial charge in [0.25, 0.3) is 5.91 Å². The van der Waals surface area contributed by atoms with Crippen LogP contribution in [0.3, 0.4) is 0 Å². The van der Waals surface area contributed by atoms with Gasteiger partial charge in [0.1, 0.15) is 11.5 Å². The van der Waals surface area contributed by atoms with Gasteiger partial charge < -0.3 is 19.5 Å². The lowest BCUT2D eigenvalue weighted by atomic mass is 10.3. The first-order valence-corrected chi connectivity index (χ1v) is 8.01. The van der Waals surface area contributed by atoms with Crippen molar-refractivity contribution in [2.45, 2.75) is 19.3 Å². The fourth-order valence-corrected chi connectivity index (χ4v) is 2.45. The molecule has 0 aliphatic heterocycles. The first kappa shape index (κ1) is 16.1. The zero-order chi connectivity index (χ0) is 16.9. The van der Waals surface area contributed by atoms with Crippen molar-refractivity contribution in [1.29, 1.82) is 0 Å². The number of rotatable bonds is 7. The molecule has 6 nitrogen and oxygen atoms in total. The Bertz CT molecular complexity index is 730. The van der Waals surface area contributed by atoms with Crippen LogP contribution in [0.2, 0.25) is 0 Å². The van der Waals surface area contributed by atoms with Crippen molar-refractivity contribution in [2.75, 3.05) is 13.1 Å². The number of carbonyl (C=O) groups is 2. The highest BCUT2D eigenvalue weighted by Crippen LogP contribution is 2.47. The summed E-state index contributed by atoms with van der Waals surface area (Å²) in [5.74, 6) is 2.59. The third-order valence-corrected chi connectivity index (χ3v) is 3.98. The molecule has 0 spiro atoms. The highest BCUT2D eigenvalue weighted by molar-refractivity contribution is 5.92. The van der Waals surface area contributed by atoms with Gasteiger partial charge in [0.05, 0.1) is 6.26 Å². The lowest BCUT2D eigenvalue weighted by Gasteiger charge is -2.03.